The Labute approximate surface area is 126 Å². The second-order valence-corrected chi connectivity index (χ2v) is 7.72. The number of nitrogens with two attached hydrogens (primary N) is 1. The van der Waals surface area contributed by atoms with Crippen LogP contribution in [0.2, 0.25) is 0 Å². The first-order valence-corrected chi connectivity index (χ1v) is 7.98. The molecule has 2 N–H and O–H groups in total. The zero-order valence-corrected chi connectivity index (χ0v) is 13.6. The van der Waals surface area contributed by atoms with Gasteiger partial charge in [-0.15, -0.1) is 0 Å². The van der Waals surface area contributed by atoms with Gasteiger partial charge in [0, 0.05) is 6.04 Å². The van der Waals surface area contributed by atoms with E-state index in [1.807, 2.05) is 6.07 Å². The molecule has 2 aromatic rings. The first kappa shape index (κ1) is 14.6. The Bertz CT molecular complexity index is 653. The van der Waals surface area contributed by atoms with Gasteiger partial charge in [-0.1, -0.05) is 39.7 Å². The van der Waals surface area contributed by atoms with Crippen molar-refractivity contribution in [1.29, 1.82) is 0 Å². The van der Waals surface area contributed by atoms with Gasteiger partial charge in [0.15, 0.2) is 5.58 Å². The molecule has 2 atom stereocenters. The van der Waals surface area contributed by atoms with Crippen LogP contribution in [-0.4, -0.2) is 11.0 Å². The van der Waals surface area contributed by atoms with E-state index in [4.69, 9.17) is 15.1 Å². The normalized spacial score (nSPS) is 27.2. The topological polar surface area (TPSA) is 52.0 Å². The van der Waals surface area contributed by atoms with Gasteiger partial charge < -0.3 is 10.2 Å². The van der Waals surface area contributed by atoms with Gasteiger partial charge in [-0.2, -0.15) is 0 Å². The molecule has 0 spiro atoms. The van der Waals surface area contributed by atoms with Crippen molar-refractivity contribution in [3.8, 4) is 0 Å². The van der Waals surface area contributed by atoms with Crippen molar-refractivity contribution in [2.24, 2.45) is 5.73 Å². The lowest BCUT2D eigenvalue weighted by molar-refractivity contribution is 0.226. The Hall–Kier alpha value is -1.35. The van der Waals surface area contributed by atoms with Gasteiger partial charge in [0.1, 0.15) is 5.52 Å². The summed E-state index contributed by atoms with van der Waals surface area (Å²) in [7, 11) is 0. The molecule has 0 bridgehead atoms. The minimum atomic E-state index is -0.126. The smallest absolute Gasteiger partial charge is 0.202 e. The minimum absolute atomic E-state index is 0.123. The summed E-state index contributed by atoms with van der Waals surface area (Å²) in [6.07, 6.45) is 4.54. The Morgan fingerprint density at radius 2 is 2.05 bits per heavy atom. The number of nitrogens with zero attached hydrogens (tertiary/aromatic N) is 1. The fraction of sp³-hybridized carbons (Fsp3) is 0.611. The first-order chi connectivity index (χ1) is 9.80. The average molecular weight is 286 g/mol. The number of benzene rings is 1. The highest BCUT2D eigenvalue weighted by atomic mass is 16.3. The molecule has 1 saturated carbocycles. The summed E-state index contributed by atoms with van der Waals surface area (Å²) in [5, 5.41) is 0. The standard InChI is InChI=1S/C18H26N2O/c1-17(2,3)12-8-9-14-13(11-12)20-16(21-14)18(4)10-6-5-7-15(18)19/h8-9,11,15H,5-7,10,19H2,1-4H3. The van der Waals surface area contributed by atoms with Crippen LogP contribution in [0, 0.1) is 0 Å². The number of fused-ring (bicyclic) bond motifs is 1. The summed E-state index contributed by atoms with van der Waals surface area (Å²) < 4.78 is 6.06. The number of rotatable bonds is 1. The molecule has 0 amide bonds. The third kappa shape index (κ3) is 2.48. The summed E-state index contributed by atoms with van der Waals surface area (Å²) in [5.74, 6) is 0.816. The zero-order chi connectivity index (χ0) is 15.3. The third-order valence-electron chi connectivity index (χ3n) is 5.02. The highest BCUT2D eigenvalue weighted by Crippen LogP contribution is 2.39. The first-order valence-electron chi connectivity index (χ1n) is 7.98. The zero-order valence-electron chi connectivity index (χ0n) is 13.6. The van der Waals surface area contributed by atoms with Crippen LogP contribution < -0.4 is 5.73 Å². The van der Waals surface area contributed by atoms with E-state index < -0.39 is 0 Å². The van der Waals surface area contributed by atoms with Gasteiger partial charge >= 0.3 is 0 Å². The molecule has 21 heavy (non-hydrogen) atoms. The summed E-state index contributed by atoms with van der Waals surface area (Å²) in [6.45, 7) is 8.85. The molecule has 3 heteroatoms. The highest BCUT2D eigenvalue weighted by Gasteiger charge is 2.40. The van der Waals surface area contributed by atoms with Crippen LogP contribution >= 0.6 is 0 Å². The molecule has 0 radical (unpaired) electrons. The Morgan fingerprint density at radius 3 is 2.71 bits per heavy atom. The highest BCUT2D eigenvalue weighted by molar-refractivity contribution is 5.74. The molecule has 1 aliphatic rings. The Morgan fingerprint density at radius 1 is 1.29 bits per heavy atom. The SMILES string of the molecule is CC(C)(C)c1ccc2oc(C3(C)CCCCC3N)nc2c1. The molecule has 1 aliphatic carbocycles. The van der Waals surface area contributed by atoms with Gasteiger partial charge in [0.2, 0.25) is 5.89 Å². The predicted octanol–water partition coefficient (Wildman–Crippen LogP) is 4.28. The summed E-state index contributed by atoms with van der Waals surface area (Å²) in [5.41, 5.74) is 9.48. The van der Waals surface area contributed by atoms with Crippen LogP contribution in [0.1, 0.15) is 64.8 Å². The maximum atomic E-state index is 6.37. The van der Waals surface area contributed by atoms with Gasteiger partial charge in [-0.05, 0) is 42.9 Å². The fourth-order valence-electron chi connectivity index (χ4n) is 3.26. The molecular weight excluding hydrogens is 260 g/mol. The summed E-state index contributed by atoms with van der Waals surface area (Å²) in [4.78, 5) is 4.79. The van der Waals surface area contributed by atoms with E-state index in [9.17, 15) is 0 Å². The monoisotopic (exact) mass is 286 g/mol. The quantitative estimate of drug-likeness (QED) is 0.851. The molecule has 1 fully saturated rings. The van der Waals surface area contributed by atoms with Crippen molar-refractivity contribution in [2.75, 3.05) is 0 Å². The summed E-state index contributed by atoms with van der Waals surface area (Å²) >= 11 is 0. The van der Waals surface area contributed by atoms with Gasteiger partial charge in [0.25, 0.3) is 0 Å². The van der Waals surface area contributed by atoms with E-state index in [0.717, 1.165) is 29.8 Å². The van der Waals surface area contributed by atoms with Crippen LogP contribution in [0.4, 0.5) is 0 Å². The van der Waals surface area contributed by atoms with Crippen LogP contribution in [0.3, 0.4) is 0 Å². The molecule has 1 heterocycles. The number of hydrogen-bond donors (Lipinski definition) is 1. The van der Waals surface area contributed by atoms with Gasteiger partial charge in [-0.25, -0.2) is 4.98 Å². The average Bonchev–Trinajstić information content (AvgIpc) is 2.84. The van der Waals surface area contributed by atoms with Crippen molar-refractivity contribution in [1.82, 2.24) is 4.98 Å². The van der Waals surface area contributed by atoms with E-state index in [2.05, 4.69) is 39.8 Å². The fourth-order valence-corrected chi connectivity index (χ4v) is 3.26. The number of aromatic nitrogens is 1. The largest absolute Gasteiger partial charge is 0.440 e. The van der Waals surface area contributed by atoms with Gasteiger partial charge in [0.05, 0.1) is 5.41 Å². The predicted molar refractivity (Wildman–Crippen MR) is 86.5 cm³/mol. The molecule has 1 aromatic heterocycles. The number of oxazole rings is 1. The van der Waals surface area contributed by atoms with Crippen LogP contribution in [0.15, 0.2) is 22.6 Å². The molecule has 0 saturated heterocycles. The molecule has 0 aliphatic heterocycles. The van der Waals surface area contributed by atoms with E-state index >= 15 is 0 Å². The molecule has 3 rings (SSSR count). The molecule has 1 aromatic carbocycles. The second kappa shape index (κ2) is 4.84. The molecule has 114 valence electrons. The van der Waals surface area contributed by atoms with Crippen molar-refractivity contribution in [3.05, 3.63) is 29.7 Å². The Balaban J connectivity index is 2.05. The maximum absolute atomic E-state index is 6.37. The van der Waals surface area contributed by atoms with Crippen LogP contribution in [0.25, 0.3) is 11.1 Å². The van der Waals surface area contributed by atoms with Crippen LogP contribution in [-0.2, 0) is 10.8 Å². The van der Waals surface area contributed by atoms with E-state index in [1.54, 1.807) is 0 Å². The summed E-state index contributed by atoms with van der Waals surface area (Å²) in [6, 6.07) is 6.48. The molecular formula is C18H26N2O. The maximum Gasteiger partial charge on any atom is 0.202 e. The van der Waals surface area contributed by atoms with Crippen molar-refractivity contribution in [2.45, 2.75) is 70.3 Å². The van der Waals surface area contributed by atoms with Crippen molar-refractivity contribution in [3.63, 3.8) is 0 Å². The van der Waals surface area contributed by atoms with Crippen molar-refractivity contribution < 1.29 is 4.42 Å². The van der Waals surface area contributed by atoms with E-state index in [1.165, 1.54) is 18.4 Å². The third-order valence-corrected chi connectivity index (χ3v) is 5.02. The lowest BCUT2D eigenvalue weighted by Gasteiger charge is -2.36. The number of hydrogen-bond acceptors (Lipinski definition) is 3. The minimum Gasteiger partial charge on any atom is -0.440 e. The Kier molecular flexibility index (Phi) is 3.36. The van der Waals surface area contributed by atoms with E-state index in [-0.39, 0.29) is 16.9 Å². The van der Waals surface area contributed by atoms with Crippen LogP contribution in [0.5, 0.6) is 0 Å². The molecule has 2 unspecified atom stereocenters. The van der Waals surface area contributed by atoms with E-state index in [0.29, 0.717) is 0 Å². The second-order valence-electron chi connectivity index (χ2n) is 7.72. The van der Waals surface area contributed by atoms with Crippen molar-refractivity contribution >= 4 is 11.1 Å². The molecule has 3 nitrogen and oxygen atoms in total. The van der Waals surface area contributed by atoms with Gasteiger partial charge in [-0.3, -0.25) is 0 Å². The lowest BCUT2D eigenvalue weighted by Crippen LogP contribution is -2.45. The lowest BCUT2D eigenvalue weighted by atomic mass is 9.72.